The van der Waals surface area contributed by atoms with Crippen molar-refractivity contribution in [1.29, 1.82) is 0 Å². The topological polar surface area (TPSA) is 48.3 Å². The van der Waals surface area contributed by atoms with Gasteiger partial charge < -0.3 is 4.74 Å². The molecule has 4 heteroatoms. The van der Waals surface area contributed by atoms with E-state index in [1.54, 1.807) is 4.57 Å². The van der Waals surface area contributed by atoms with E-state index in [2.05, 4.69) is 0 Å². The van der Waals surface area contributed by atoms with Crippen LogP contribution in [0.4, 0.5) is 0 Å². The van der Waals surface area contributed by atoms with E-state index in [1.165, 1.54) is 6.92 Å². The van der Waals surface area contributed by atoms with Crippen molar-refractivity contribution in [3.63, 3.8) is 0 Å². The SMILES string of the molecule is CC(=O)n1c2c(c3ccccc31)OC(=O)C[C@H]2c1ccc(C)cc1. The minimum absolute atomic E-state index is 0.0810. The number of benzene rings is 2. The Bertz CT molecular complexity index is 966. The van der Waals surface area contributed by atoms with Crippen molar-refractivity contribution >= 4 is 22.8 Å². The van der Waals surface area contributed by atoms with Crippen molar-refractivity contribution in [1.82, 2.24) is 4.57 Å². The number of para-hydroxylation sites is 1. The largest absolute Gasteiger partial charge is 0.424 e. The molecule has 0 spiro atoms. The Kier molecular flexibility index (Phi) is 3.27. The van der Waals surface area contributed by atoms with Gasteiger partial charge in [0.1, 0.15) is 0 Å². The highest BCUT2D eigenvalue weighted by Crippen LogP contribution is 2.44. The number of esters is 1. The predicted octanol–water partition coefficient (Wildman–Crippen LogP) is 4.05. The zero-order valence-corrected chi connectivity index (χ0v) is 13.6. The van der Waals surface area contributed by atoms with Gasteiger partial charge in [0.2, 0.25) is 5.91 Å². The van der Waals surface area contributed by atoms with Crippen molar-refractivity contribution in [3.05, 3.63) is 65.4 Å². The number of carbonyl (C=O) groups excluding carboxylic acids is 2. The van der Waals surface area contributed by atoms with Crippen LogP contribution < -0.4 is 4.74 Å². The van der Waals surface area contributed by atoms with E-state index in [1.807, 2.05) is 55.5 Å². The normalized spacial score (nSPS) is 16.8. The molecule has 4 rings (SSSR count). The lowest BCUT2D eigenvalue weighted by molar-refractivity contribution is -0.135. The van der Waals surface area contributed by atoms with Crippen LogP contribution in [0.1, 0.15) is 40.9 Å². The summed E-state index contributed by atoms with van der Waals surface area (Å²) >= 11 is 0. The van der Waals surface area contributed by atoms with Gasteiger partial charge in [-0.25, -0.2) is 0 Å². The van der Waals surface area contributed by atoms with Gasteiger partial charge >= 0.3 is 5.97 Å². The van der Waals surface area contributed by atoms with Gasteiger partial charge in [0.15, 0.2) is 5.75 Å². The van der Waals surface area contributed by atoms with Gasteiger partial charge in [-0.3, -0.25) is 14.2 Å². The second-order valence-electron chi connectivity index (χ2n) is 6.23. The zero-order chi connectivity index (χ0) is 16.8. The molecule has 2 heterocycles. The van der Waals surface area contributed by atoms with Gasteiger partial charge in [-0.2, -0.15) is 0 Å². The van der Waals surface area contributed by atoms with Crippen LogP contribution in [0.5, 0.6) is 5.75 Å². The Labute approximate surface area is 139 Å². The van der Waals surface area contributed by atoms with E-state index in [9.17, 15) is 9.59 Å². The molecule has 0 saturated carbocycles. The molecule has 0 fully saturated rings. The maximum Gasteiger partial charge on any atom is 0.312 e. The molecule has 0 N–H and O–H groups in total. The van der Waals surface area contributed by atoms with Gasteiger partial charge in [0, 0.05) is 18.2 Å². The Morgan fingerprint density at radius 3 is 2.54 bits per heavy atom. The molecule has 120 valence electrons. The Morgan fingerprint density at radius 1 is 1.12 bits per heavy atom. The first-order valence-electron chi connectivity index (χ1n) is 7.98. The first-order valence-corrected chi connectivity index (χ1v) is 7.98. The lowest BCUT2D eigenvalue weighted by Gasteiger charge is -2.24. The highest BCUT2D eigenvalue weighted by molar-refractivity contribution is 6.00. The predicted molar refractivity (Wildman–Crippen MR) is 91.5 cm³/mol. The van der Waals surface area contributed by atoms with Crippen LogP contribution in [0.3, 0.4) is 0 Å². The maximum absolute atomic E-state index is 12.3. The van der Waals surface area contributed by atoms with E-state index in [0.717, 1.165) is 27.7 Å². The molecule has 24 heavy (non-hydrogen) atoms. The molecule has 1 aliphatic heterocycles. The number of fused-ring (bicyclic) bond motifs is 3. The smallest absolute Gasteiger partial charge is 0.312 e. The van der Waals surface area contributed by atoms with Crippen molar-refractivity contribution in [3.8, 4) is 5.75 Å². The molecule has 1 atom stereocenters. The molecule has 4 nitrogen and oxygen atoms in total. The zero-order valence-electron chi connectivity index (χ0n) is 13.6. The molecular formula is C20H17NO3. The third kappa shape index (κ3) is 2.14. The quantitative estimate of drug-likeness (QED) is 0.636. The van der Waals surface area contributed by atoms with Gasteiger partial charge in [0.05, 0.1) is 17.6 Å². The fourth-order valence-corrected chi connectivity index (χ4v) is 3.48. The number of rotatable bonds is 1. The molecule has 0 bridgehead atoms. The number of ether oxygens (including phenoxy) is 1. The first kappa shape index (κ1) is 14.7. The Hall–Kier alpha value is -2.88. The van der Waals surface area contributed by atoms with Gasteiger partial charge in [-0.15, -0.1) is 0 Å². The van der Waals surface area contributed by atoms with E-state index < -0.39 is 0 Å². The second kappa shape index (κ2) is 5.34. The molecule has 0 aliphatic carbocycles. The standard InChI is InChI=1S/C20H17NO3/c1-12-7-9-14(10-8-12)16-11-18(23)24-20-15-5-3-4-6-17(15)21(13(2)22)19(16)20/h3-10,16H,11H2,1-2H3/t16-/m0/s1. The second-order valence-corrected chi connectivity index (χ2v) is 6.23. The van der Waals surface area contributed by atoms with Crippen LogP contribution in [-0.2, 0) is 4.79 Å². The average Bonchev–Trinajstić information content (AvgIpc) is 2.89. The van der Waals surface area contributed by atoms with Gasteiger partial charge in [-0.1, -0.05) is 42.0 Å². The highest BCUT2D eigenvalue weighted by atomic mass is 16.5. The number of aryl methyl sites for hydroxylation is 1. The van der Waals surface area contributed by atoms with E-state index in [0.29, 0.717) is 5.75 Å². The van der Waals surface area contributed by atoms with Crippen molar-refractivity contribution < 1.29 is 14.3 Å². The van der Waals surface area contributed by atoms with Crippen molar-refractivity contribution in [2.45, 2.75) is 26.2 Å². The Balaban J connectivity index is 2.03. The minimum Gasteiger partial charge on any atom is -0.424 e. The van der Waals surface area contributed by atoms with Crippen LogP contribution in [0.25, 0.3) is 10.9 Å². The van der Waals surface area contributed by atoms with Gasteiger partial charge in [-0.05, 0) is 24.6 Å². The molecule has 1 aliphatic rings. The van der Waals surface area contributed by atoms with Crippen LogP contribution in [0.2, 0.25) is 0 Å². The lowest BCUT2D eigenvalue weighted by atomic mass is 9.89. The summed E-state index contributed by atoms with van der Waals surface area (Å²) in [5, 5.41) is 0.799. The summed E-state index contributed by atoms with van der Waals surface area (Å²) in [6.45, 7) is 3.56. The van der Waals surface area contributed by atoms with Gasteiger partial charge in [0.25, 0.3) is 0 Å². The van der Waals surface area contributed by atoms with E-state index >= 15 is 0 Å². The summed E-state index contributed by atoms with van der Waals surface area (Å²) in [6, 6.07) is 15.6. The van der Waals surface area contributed by atoms with Crippen LogP contribution >= 0.6 is 0 Å². The molecule has 3 aromatic rings. The number of hydrogen-bond acceptors (Lipinski definition) is 3. The molecular weight excluding hydrogens is 302 g/mol. The highest BCUT2D eigenvalue weighted by Gasteiger charge is 2.35. The monoisotopic (exact) mass is 319 g/mol. The molecule has 0 saturated heterocycles. The Morgan fingerprint density at radius 2 is 1.83 bits per heavy atom. The third-order valence-corrected chi connectivity index (χ3v) is 4.57. The van der Waals surface area contributed by atoms with Crippen LogP contribution in [-0.4, -0.2) is 16.4 Å². The van der Waals surface area contributed by atoms with Crippen LogP contribution in [0, 0.1) is 6.92 Å². The minimum atomic E-state index is -0.264. The summed E-state index contributed by atoms with van der Waals surface area (Å²) < 4.78 is 7.22. The summed E-state index contributed by atoms with van der Waals surface area (Å²) in [4.78, 5) is 24.5. The van der Waals surface area contributed by atoms with E-state index in [4.69, 9.17) is 4.74 Å². The fourth-order valence-electron chi connectivity index (χ4n) is 3.48. The number of hydrogen-bond donors (Lipinski definition) is 0. The number of nitrogens with zero attached hydrogens (tertiary/aromatic N) is 1. The summed E-state index contributed by atoms with van der Waals surface area (Å²) in [6.07, 6.45) is 0.236. The van der Waals surface area contributed by atoms with E-state index in [-0.39, 0.29) is 24.2 Å². The third-order valence-electron chi connectivity index (χ3n) is 4.57. The maximum atomic E-state index is 12.3. The molecule has 1 aromatic heterocycles. The first-order chi connectivity index (χ1) is 11.6. The summed E-state index contributed by atoms with van der Waals surface area (Å²) in [5.41, 5.74) is 3.72. The summed E-state index contributed by atoms with van der Waals surface area (Å²) in [7, 11) is 0. The number of carbonyl (C=O) groups is 2. The molecule has 0 unspecified atom stereocenters. The average molecular weight is 319 g/mol. The van der Waals surface area contributed by atoms with Crippen LogP contribution in [0.15, 0.2) is 48.5 Å². The summed E-state index contributed by atoms with van der Waals surface area (Å²) in [5.74, 6) is -0.0113. The number of aromatic nitrogens is 1. The molecule has 0 amide bonds. The molecule has 2 aromatic carbocycles. The van der Waals surface area contributed by atoms with Crippen molar-refractivity contribution in [2.24, 2.45) is 0 Å². The van der Waals surface area contributed by atoms with Crippen molar-refractivity contribution in [2.75, 3.05) is 0 Å². The molecule has 0 radical (unpaired) electrons. The lowest BCUT2D eigenvalue weighted by Crippen LogP contribution is -2.24. The fraction of sp³-hybridized carbons (Fsp3) is 0.200.